The monoisotopic (exact) mass is 517 g/mol. The van der Waals surface area contributed by atoms with Crippen molar-refractivity contribution in [3.05, 3.63) is 78.2 Å². The number of sulfonamides is 1. The summed E-state index contributed by atoms with van der Waals surface area (Å²) in [5.41, 5.74) is 9.28. The molecule has 0 spiro atoms. The average Bonchev–Trinajstić information content (AvgIpc) is 3.23. The van der Waals surface area contributed by atoms with E-state index in [0.717, 1.165) is 17.2 Å². The van der Waals surface area contributed by atoms with Crippen LogP contribution < -0.4 is 21.1 Å². The molecule has 37 heavy (non-hydrogen) atoms. The molecule has 188 valence electrons. The van der Waals surface area contributed by atoms with Crippen LogP contribution in [0.2, 0.25) is 0 Å². The summed E-state index contributed by atoms with van der Waals surface area (Å²) in [6.45, 7) is -0.000649. The topological polar surface area (TPSA) is 153 Å². The molecule has 0 bridgehead atoms. The molecule has 1 amide bonds. The number of aromatic nitrogens is 1. The molecule has 5 rings (SSSR count). The van der Waals surface area contributed by atoms with E-state index in [1.165, 1.54) is 0 Å². The number of hydrogen-bond acceptors (Lipinski definition) is 8. The molecule has 4 N–H and O–H groups in total. The Morgan fingerprint density at radius 2 is 1.78 bits per heavy atom. The van der Waals surface area contributed by atoms with Gasteiger partial charge in [-0.3, -0.25) is 4.79 Å². The van der Waals surface area contributed by atoms with Crippen LogP contribution >= 0.6 is 0 Å². The summed E-state index contributed by atoms with van der Waals surface area (Å²) in [6, 6.07) is 22.0. The minimum atomic E-state index is -3.37. The Balaban J connectivity index is 1.54. The van der Waals surface area contributed by atoms with Gasteiger partial charge in [-0.05, 0) is 42.5 Å². The summed E-state index contributed by atoms with van der Waals surface area (Å²) in [7, 11) is -3.37. The van der Waals surface area contributed by atoms with Crippen LogP contribution in [0.3, 0.4) is 0 Å². The lowest BCUT2D eigenvalue weighted by Gasteiger charge is -2.09. The Morgan fingerprint density at radius 3 is 2.62 bits per heavy atom. The number of nitrogens with one attached hydrogen (secondary N) is 2. The van der Waals surface area contributed by atoms with Crippen LogP contribution in [0.1, 0.15) is 6.42 Å². The standard InChI is InChI=1S/C26H23N5O5S/c1-37(33,34)28-13-12-25(32)30-19-8-4-3-7-18(19)29-21-15-23(35-22-9-5-2-6-17(21)22)16-10-11-20-24(14-16)36-26(27)31-20/h2-11,14-15,28H,12-13H2,1H3,(H2,27,31)(H,30,32)/b29-21+. The fourth-order valence-corrected chi connectivity index (χ4v) is 4.29. The van der Waals surface area contributed by atoms with Gasteiger partial charge in [0, 0.05) is 30.0 Å². The van der Waals surface area contributed by atoms with Crippen LogP contribution in [0.15, 0.2) is 86.6 Å². The van der Waals surface area contributed by atoms with Crippen molar-refractivity contribution >= 4 is 55.4 Å². The third-order valence-electron chi connectivity index (χ3n) is 5.48. The molecule has 0 saturated carbocycles. The van der Waals surface area contributed by atoms with Gasteiger partial charge < -0.3 is 19.9 Å². The van der Waals surface area contributed by atoms with E-state index in [1.54, 1.807) is 30.3 Å². The van der Waals surface area contributed by atoms with Gasteiger partial charge in [-0.25, -0.2) is 18.1 Å². The molecule has 3 aromatic carbocycles. The van der Waals surface area contributed by atoms with Gasteiger partial charge in [-0.1, -0.05) is 24.3 Å². The number of carbonyl (C=O) groups is 1. The molecule has 0 saturated heterocycles. The van der Waals surface area contributed by atoms with Gasteiger partial charge in [0.25, 0.3) is 6.01 Å². The fraction of sp³-hybridized carbons (Fsp3) is 0.115. The number of nitrogens with two attached hydrogens (primary N) is 1. The highest BCUT2D eigenvalue weighted by Gasteiger charge is 2.11. The molecular formula is C26H23N5O5S. The first-order valence-electron chi connectivity index (χ1n) is 11.3. The number of benzene rings is 3. The molecule has 0 unspecified atom stereocenters. The summed E-state index contributed by atoms with van der Waals surface area (Å²) >= 11 is 0. The summed E-state index contributed by atoms with van der Waals surface area (Å²) in [5.74, 6) is 0.217. The van der Waals surface area contributed by atoms with Crippen molar-refractivity contribution in [1.29, 1.82) is 0 Å². The van der Waals surface area contributed by atoms with E-state index in [1.807, 2.05) is 42.5 Å². The second kappa shape index (κ2) is 9.88. The molecule has 0 fully saturated rings. The van der Waals surface area contributed by atoms with Crippen LogP contribution in [-0.4, -0.2) is 32.1 Å². The van der Waals surface area contributed by atoms with Crippen molar-refractivity contribution in [1.82, 2.24) is 9.71 Å². The van der Waals surface area contributed by atoms with E-state index >= 15 is 0 Å². The van der Waals surface area contributed by atoms with Gasteiger partial charge in [0.15, 0.2) is 5.58 Å². The van der Waals surface area contributed by atoms with E-state index in [-0.39, 0.29) is 24.9 Å². The molecule has 5 aromatic rings. The van der Waals surface area contributed by atoms with Gasteiger partial charge >= 0.3 is 0 Å². The zero-order valence-corrected chi connectivity index (χ0v) is 20.6. The lowest BCUT2D eigenvalue weighted by atomic mass is 10.1. The predicted octanol–water partition coefficient (Wildman–Crippen LogP) is 3.93. The first-order valence-corrected chi connectivity index (χ1v) is 13.2. The maximum absolute atomic E-state index is 12.4. The second-order valence-electron chi connectivity index (χ2n) is 8.32. The van der Waals surface area contributed by atoms with Crippen molar-refractivity contribution in [3.63, 3.8) is 0 Å². The minimum absolute atomic E-state index is 0.000649. The van der Waals surface area contributed by atoms with E-state index < -0.39 is 10.0 Å². The van der Waals surface area contributed by atoms with Crippen LogP contribution in [0.5, 0.6) is 0 Å². The summed E-state index contributed by atoms with van der Waals surface area (Å²) in [4.78, 5) is 21.4. The number of oxazole rings is 1. The Labute approximate surface area is 211 Å². The Bertz CT molecular complexity index is 1810. The molecule has 0 atom stereocenters. The van der Waals surface area contributed by atoms with E-state index in [0.29, 0.717) is 39.2 Å². The van der Waals surface area contributed by atoms with Crippen LogP contribution in [0.25, 0.3) is 33.4 Å². The molecule has 0 radical (unpaired) electrons. The number of nitrogens with zero attached hydrogens (tertiary/aromatic N) is 2. The van der Waals surface area contributed by atoms with Gasteiger partial charge in [0.2, 0.25) is 15.9 Å². The smallest absolute Gasteiger partial charge is 0.292 e. The molecular weight excluding hydrogens is 494 g/mol. The highest BCUT2D eigenvalue weighted by molar-refractivity contribution is 7.88. The zero-order chi connectivity index (χ0) is 26.0. The highest BCUT2D eigenvalue weighted by Crippen LogP contribution is 2.28. The van der Waals surface area contributed by atoms with Crippen LogP contribution in [0, 0.1) is 0 Å². The number of carbonyl (C=O) groups excluding carboxylic acids is 1. The van der Waals surface area contributed by atoms with Crippen LogP contribution in [-0.2, 0) is 14.8 Å². The maximum Gasteiger partial charge on any atom is 0.292 e. The normalized spacial score (nSPS) is 12.3. The van der Waals surface area contributed by atoms with Crippen molar-refractivity contribution in [2.45, 2.75) is 6.42 Å². The minimum Gasteiger partial charge on any atom is -0.456 e. The van der Waals surface area contributed by atoms with Crippen molar-refractivity contribution in [2.24, 2.45) is 4.99 Å². The van der Waals surface area contributed by atoms with Crippen molar-refractivity contribution in [3.8, 4) is 11.3 Å². The van der Waals surface area contributed by atoms with Crippen LogP contribution in [0.4, 0.5) is 17.4 Å². The number of amides is 1. The third-order valence-corrected chi connectivity index (χ3v) is 6.20. The molecule has 11 heteroatoms. The number of nitrogen functional groups attached to an aromatic ring is 1. The molecule has 2 heterocycles. The first-order chi connectivity index (χ1) is 17.7. The largest absolute Gasteiger partial charge is 0.456 e. The molecule has 0 aliphatic rings. The summed E-state index contributed by atoms with van der Waals surface area (Å²) in [5, 5.41) is 4.23. The molecule has 0 aliphatic heterocycles. The number of hydrogen-bond donors (Lipinski definition) is 3. The number of anilines is 2. The number of para-hydroxylation sites is 3. The maximum atomic E-state index is 12.4. The third kappa shape index (κ3) is 5.68. The number of rotatable bonds is 7. The SMILES string of the molecule is CS(=O)(=O)NCCC(=O)Nc1ccccc1/N=c1\cc(-c2ccc3nc(N)oc3c2)oc2ccccc12. The van der Waals surface area contributed by atoms with Gasteiger partial charge in [-0.15, -0.1) is 0 Å². The van der Waals surface area contributed by atoms with Gasteiger partial charge in [0.1, 0.15) is 16.9 Å². The number of fused-ring (bicyclic) bond motifs is 2. The Kier molecular flexibility index (Phi) is 6.47. The van der Waals surface area contributed by atoms with Crippen molar-refractivity contribution in [2.75, 3.05) is 23.9 Å². The summed E-state index contributed by atoms with van der Waals surface area (Å²) < 4.78 is 36.4. The quantitative estimate of drug-likeness (QED) is 0.296. The first kappa shape index (κ1) is 24.2. The van der Waals surface area contributed by atoms with Gasteiger partial charge in [-0.2, -0.15) is 4.98 Å². The van der Waals surface area contributed by atoms with Crippen molar-refractivity contribution < 1.29 is 22.0 Å². The second-order valence-corrected chi connectivity index (χ2v) is 10.2. The molecule has 2 aromatic heterocycles. The molecule has 10 nitrogen and oxygen atoms in total. The molecule has 0 aliphatic carbocycles. The Hall–Kier alpha value is -4.48. The fourth-order valence-electron chi connectivity index (χ4n) is 3.82. The van der Waals surface area contributed by atoms with Gasteiger partial charge in [0.05, 0.1) is 23.0 Å². The lowest BCUT2D eigenvalue weighted by molar-refractivity contribution is -0.116. The Morgan fingerprint density at radius 1 is 1.00 bits per heavy atom. The average molecular weight is 518 g/mol. The summed E-state index contributed by atoms with van der Waals surface area (Å²) in [6.07, 6.45) is 1.02. The van der Waals surface area contributed by atoms with E-state index in [2.05, 4.69) is 15.0 Å². The lowest BCUT2D eigenvalue weighted by Crippen LogP contribution is -2.26. The predicted molar refractivity (Wildman–Crippen MR) is 141 cm³/mol. The zero-order valence-electron chi connectivity index (χ0n) is 19.8. The highest BCUT2D eigenvalue weighted by atomic mass is 32.2. The van der Waals surface area contributed by atoms with E-state index in [4.69, 9.17) is 19.6 Å². The van der Waals surface area contributed by atoms with E-state index in [9.17, 15) is 13.2 Å².